The van der Waals surface area contributed by atoms with E-state index in [9.17, 15) is 0 Å². The fraction of sp³-hybridized carbons (Fsp3) is 0.333. The molecule has 0 atom stereocenters. The first-order valence-corrected chi connectivity index (χ1v) is 9.00. The van der Waals surface area contributed by atoms with E-state index in [1.54, 1.807) is 11.3 Å². The van der Waals surface area contributed by atoms with Gasteiger partial charge in [-0.2, -0.15) is 0 Å². The number of hydrogen-bond donors (Lipinski definition) is 1. The molecule has 0 bridgehead atoms. The molecular weight excluding hydrogens is 402 g/mol. The first kappa shape index (κ1) is 16.0. The molecule has 0 saturated carbocycles. The van der Waals surface area contributed by atoms with Crippen LogP contribution in [0.15, 0.2) is 38.6 Å². The summed E-state index contributed by atoms with van der Waals surface area (Å²) in [6, 6.07) is 8.33. The normalized spacial score (nSPS) is 10.8. The Balaban J connectivity index is 1.92. The Kier molecular flexibility index (Phi) is 6.55. The Morgan fingerprint density at radius 2 is 2.10 bits per heavy atom. The van der Waals surface area contributed by atoms with Crippen molar-refractivity contribution < 1.29 is 4.74 Å². The summed E-state index contributed by atoms with van der Waals surface area (Å²) in [5, 5.41) is 5.46. The zero-order valence-corrected chi connectivity index (χ0v) is 15.3. The lowest BCUT2D eigenvalue weighted by Crippen LogP contribution is -2.13. The topological polar surface area (TPSA) is 21.3 Å². The van der Waals surface area contributed by atoms with Crippen LogP contribution in [0.4, 0.5) is 0 Å². The van der Waals surface area contributed by atoms with Crippen molar-refractivity contribution >= 4 is 43.2 Å². The number of halogens is 2. The molecule has 0 fully saturated rings. The second-order valence-electron chi connectivity index (χ2n) is 4.46. The number of benzene rings is 1. The van der Waals surface area contributed by atoms with E-state index in [-0.39, 0.29) is 0 Å². The third-order valence-corrected chi connectivity index (χ3v) is 5.03. The highest BCUT2D eigenvalue weighted by molar-refractivity contribution is 9.10. The Morgan fingerprint density at radius 3 is 2.75 bits per heavy atom. The first-order valence-electron chi connectivity index (χ1n) is 6.54. The van der Waals surface area contributed by atoms with E-state index in [4.69, 9.17) is 4.74 Å². The van der Waals surface area contributed by atoms with Crippen LogP contribution in [-0.4, -0.2) is 6.54 Å². The fourth-order valence-electron chi connectivity index (χ4n) is 1.76. The van der Waals surface area contributed by atoms with Crippen LogP contribution in [0.3, 0.4) is 0 Å². The van der Waals surface area contributed by atoms with Crippen LogP contribution >= 0.6 is 43.2 Å². The van der Waals surface area contributed by atoms with Gasteiger partial charge in [0.25, 0.3) is 0 Å². The van der Waals surface area contributed by atoms with Gasteiger partial charge in [0.1, 0.15) is 12.4 Å². The summed E-state index contributed by atoms with van der Waals surface area (Å²) < 4.78 is 7.95. The minimum atomic E-state index is 0.600. The smallest absolute Gasteiger partial charge is 0.134 e. The minimum absolute atomic E-state index is 0.600. The van der Waals surface area contributed by atoms with E-state index in [2.05, 4.69) is 67.7 Å². The van der Waals surface area contributed by atoms with E-state index in [1.807, 2.05) is 6.07 Å². The molecule has 20 heavy (non-hydrogen) atoms. The van der Waals surface area contributed by atoms with Gasteiger partial charge in [-0.05, 0) is 68.6 Å². The van der Waals surface area contributed by atoms with Gasteiger partial charge in [-0.1, -0.05) is 13.0 Å². The molecule has 0 saturated heterocycles. The monoisotopic (exact) mass is 417 g/mol. The molecule has 2 nitrogen and oxygen atoms in total. The second-order valence-corrected chi connectivity index (χ2v) is 7.23. The molecule has 0 amide bonds. The van der Waals surface area contributed by atoms with Gasteiger partial charge in [-0.25, -0.2) is 0 Å². The van der Waals surface area contributed by atoms with Gasteiger partial charge in [0.15, 0.2) is 0 Å². The lowest BCUT2D eigenvalue weighted by molar-refractivity contribution is 0.307. The summed E-state index contributed by atoms with van der Waals surface area (Å²) >= 11 is 8.72. The third-order valence-electron chi connectivity index (χ3n) is 2.74. The summed E-state index contributed by atoms with van der Waals surface area (Å²) in [5.74, 6) is 0.883. The molecule has 0 radical (unpaired) electrons. The largest absolute Gasteiger partial charge is 0.487 e. The van der Waals surface area contributed by atoms with Crippen molar-refractivity contribution in [1.82, 2.24) is 5.32 Å². The minimum Gasteiger partial charge on any atom is -0.487 e. The highest BCUT2D eigenvalue weighted by atomic mass is 79.9. The van der Waals surface area contributed by atoms with E-state index < -0.39 is 0 Å². The number of rotatable bonds is 7. The highest BCUT2D eigenvalue weighted by Gasteiger charge is 2.04. The maximum Gasteiger partial charge on any atom is 0.134 e. The van der Waals surface area contributed by atoms with Crippen molar-refractivity contribution in [3.63, 3.8) is 0 Å². The molecule has 2 rings (SSSR count). The maximum absolute atomic E-state index is 5.84. The van der Waals surface area contributed by atoms with Crippen LogP contribution in [0.1, 0.15) is 23.8 Å². The molecule has 0 aliphatic heterocycles. The van der Waals surface area contributed by atoms with Crippen LogP contribution in [0.2, 0.25) is 0 Å². The van der Waals surface area contributed by atoms with Crippen LogP contribution in [0.25, 0.3) is 0 Å². The average Bonchev–Trinajstić information content (AvgIpc) is 2.84. The van der Waals surface area contributed by atoms with Gasteiger partial charge in [0.2, 0.25) is 0 Å². The molecule has 2 aromatic rings. The molecule has 0 spiro atoms. The van der Waals surface area contributed by atoms with Crippen LogP contribution < -0.4 is 10.1 Å². The molecule has 0 unspecified atom stereocenters. The summed E-state index contributed by atoms with van der Waals surface area (Å²) in [7, 11) is 0. The quantitative estimate of drug-likeness (QED) is 0.611. The highest BCUT2D eigenvalue weighted by Crippen LogP contribution is 2.28. The Hall–Kier alpha value is -0.360. The van der Waals surface area contributed by atoms with Crippen molar-refractivity contribution in [3.05, 3.63) is 49.0 Å². The fourth-order valence-corrected chi connectivity index (χ4v) is 3.66. The van der Waals surface area contributed by atoms with Crippen molar-refractivity contribution in [2.24, 2.45) is 0 Å². The maximum atomic E-state index is 5.84. The van der Waals surface area contributed by atoms with Crippen LogP contribution in [-0.2, 0) is 13.2 Å². The van der Waals surface area contributed by atoms with Gasteiger partial charge in [0.05, 0.1) is 4.47 Å². The van der Waals surface area contributed by atoms with Gasteiger partial charge in [-0.15, -0.1) is 11.3 Å². The van der Waals surface area contributed by atoms with Gasteiger partial charge in [0, 0.05) is 21.3 Å². The molecule has 1 N–H and O–H groups in total. The third kappa shape index (κ3) is 4.88. The SMILES string of the molecule is CCCNCc1ccc(OCc2cc(Br)cs2)c(Br)c1. The molecule has 108 valence electrons. The van der Waals surface area contributed by atoms with Crippen molar-refractivity contribution in [2.75, 3.05) is 6.54 Å². The number of hydrogen-bond acceptors (Lipinski definition) is 3. The number of nitrogens with one attached hydrogen (secondary N) is 1. The summed E-state index contributed by atoms with van der Waals surface area (Å²) in [4.78, 5) is 1.21. The van der Waals surface area contributed by atoms with Crippen molar-refractivity contribution in [2.45, 2.75) is 26.5 Å². The van der Waals surface area contributed by atoms with E-state index in [0.717, 1.165) is 34.2 Å². The summed E-state index contributed by atoms with van der Waals surface area (Å²) in [5.41, 5.74) is 1.26. The molecule has 0 aliphatic carbocycles. The summed E-state index contributed by atoms with van der Waals surface area (Å²) in [6.07, 6.45) is 1.15. The molecular formula is C15H17Br2NOS. The van der Waals surface area contributed by atoms with Gasteiger partial charge >= 0.3 is 0 Å². The lowest BCUT2D eigenvalue weighted by atomic mass is 10.2. The van der Waals surface area contributed by atoms with E-state index in [0.29, 0.717) is 6.61 Å². The Bertz CT molecular complexity index is 557. The second kappa shape index (κ2) is 8.17. The number of ether oxygens (including phenoxy) is 1. The molecule has 1 aromatic carbocycles. The zero-order valence-electron chi connectivity index (χ0n) is 11.3. The molecule has 1 aromatic heterocycles. The van der Waals surface area contributed by atoms with Gasteiger partial charge < -0.3 is 10.1 Å². The molecule has 5 heteroatoms. The lowest BCUT2D eigenvalue weighted by Gasteiger charge is -2.09. The molecule has 1 heterocycles. The number of thiophene rings is 1. The Labute approximate surface area is 140 Å². The average molecular weight is 419 g/mol. The summed E-state index contributed by atoms with van der Waals surface area (Å²) in [6.45, 7) is 4.71. The Morgan fingerprint density at radius 1 is 1.25 bits per heavy atom. The zero-order chi connectivity index (χ0) is 14.4. The predicted octanol–water partition coefficient (Wildman–Crippen LogP) is 5.35. The van der Waals surface area contributed by atoms with E-state index >= 15 is 0 Å². The van der Waals surface area contributed by atoms with Crippen molar-refractivity contribution in [3.8, 4) is 5.75 Å². The molecule has 0 aliphatic rings. The van der Waals surface area contributed by atoms with Crippen LogP contribution in [0.5, 0.6) is 5.75 Å². The standard InChI is InChI=1S/C15H17Br2NOS/c1-2-5-18-8-11-3-4-15(14(17)6-11)19-9-13-7-12(16)10-20-13/h3-4,6-7,10,18H,2,5,8-9H2,1H3. The van der Waals surface area contributed by atoms with Gasteiger partial charge in [-0.3, -0.25) is 0 Å². The van der Waals surface area contributed by atoms with Crippen molar-refractivity contribution in [1.29, 1.82) is 0 Å². The first-order chi connectivity index (χ1) is 9.69. The van der Waals surface area contributed by atoms with Crippen LogP contribution in [0, 0.1) is 0 Å². The predicted molar refractivity (Wildman–Crippen MR) is 92.5 cm³/mol. The van der Waals surface area contributed by atoms with E-state index in [1.165, 1.54) is 10.4 Å².